The van der Waals surface area contributed by atoms with E-state index in [2.05, 4.69) is 121 Å². The molecule has 2 heterocycles. The number of carbonyl (C=O) groups is 1. The summed E-state index contributed by atoms with van der Waals surface area (Å²) >= 11 is 3.62. The van der Waals surface area contributed by atoms with Gasteiger partial charge in [-0.2, -0.15) is 0 Å². The second-order valence-electron chi connectivity index (χ2n) is 10.6. The van der Waals surface area contributed by atoms with Crippen molar-refractivity contribution in [1.82, 2.24) is 0 Å². The Kier molecular flexibility index (Phi) is 15.5. The third-order valence-electron chi connectivity index (χ3n) is 8.00. The first-order chi connectivity index (χ1) is 20.5. The Morgan fingerprint density at radius 1 is 0.521 bits per heavy atom. The highest BCUT2D eigenvalue weighted by Gasteiger charge is 2.23. The first kappa shape index (κ1) is 41.8. The van der Waals surface area contributed by atoms with Crippen molar-refractivity contribution >= 4 is 64.2 Å². The Balaban J connectivity index is 0.00000192. The molecule has 3 nitrogen and oxygen atoms in total. The van der Waals surface area contributed by atoms with Crippen LogP contribution in [0.3, 0.4) is 0 Å². The van der Waals surface area contributed by atoms with Crippen LogP contribution in [0.4, 0.5) is 22.7 Å². The molecule has 48 heavy (non-hydrogen) atoms. The summed E-state index contributed by atoms with van der Waals surface area (Å²) in [5.74, 6) is 0.155. The van der Waals surface area contributed by atoms with Crippen LogP contribution in [-0.2, 0) is 4.79 Å². The molecule has 0 spiro atoms. The summed E-state index contributed by atoms with van der Waals surface area (Å²) in [6.07, 6.45) is 13.7. The zero-order valence-corrected chi connectivity index (χ0v) is 25.2. The molecule has 0 atom stereocenters. The minimum absolute atomic E-state index is 0. The highest BCUT2D eigenvalue weighted by molar-refractivity contribution is 8.00. The molecule has 0 radical (unpaired) electrons. The smallest absolute Gasteiger partial charge is 0.185 e. The Hall–Kier alpha value is -4.19. The minimum Gasteiger partial charge on any atom is -0.343 e. The average Bonchev–Trinajstić information content (AvgIpc) is 3.36. The molecule has 0 saturated heterocycles. The number of fused-ring (bicyclic) bond motifs is 4. The van der Waals surface area contributed by atoms with E-state index in [0.29, 0.717) is 0 Å². The van der Waals surface area contributed by atoms with E-state index < -0.39 is 0 Å². The molecular formula is C43H54N2OS2. The van der Waals surface area contributed by atoms with Crippen molar-refractivity contribution in [3.8, 4) is 0 Å². The topological polar surface area (TPSA) is 23.6 Å². The molecule has 0 amide bonds. The lowest BCUT2D eigenvalue weighted by Crippen LogP contribution is -2.14. The fraction of sp³-hybridized carbons (Fsp3) is 0.233. The molecular weight excluding hydrogens is 625 g/mol. The first-order valence-corrected chi connectivity index (χ1v) is 15.8. The maximum atomic E-state index is 13.1. The largest absolute Gasteiger partial charge is 0.343 e. The number of anilines is 4. The normalized spacial score (nSPS) is 15.5. The van der Waals surface area contributed by atoms with Gasteiger partial charge in [0, 0.05) is 44.8 Å². The van der Waals surface area contributed by atoms with E-state index >= 15 is 0 Å². The second-order valence-corrected chi connectivity index (χ2v) is 12.8. The zero-order valence-electron chi connectivity index (χ0n) is 23.6. The van der Waals surface area contributed by atoms with Crippen molar-refractivity contribution < 1.29 is 4.79 Å². The van der Waals surface area contributed by atoms with Gasteiger partial charge in [0.1, 0.15) is 0 Å². The number of rotatable bonds is 4. The minimum atomic E-state index is 0. The molecule has 3 aliphatic rings. The molecule has 1 fully saturated rings. The van der Waals surface area contributed by atoms with Crippen LogP contribution >= 0.6 is 23.5 Å². The van der Waals surface area contributed by atoms with E-state index in [4.69, 9.17) is 0 Å². The predicted molar refractivity (Wildman–Crippen MR) is 219 cm³/mol. The molecule has 4 aromatic rings. The van der Waals surface area contributed by atoms with E-state index in [1.54, 1.807) is 0 Å². The Morgan fingerprint density at radius 2 is 0.896 bits per heavy atom. The van der Waals surface area contributed by atoms with Crippen LogP contribution in [0.5, 0.6) is 0 Å². The molecule has 1 saturated carbocycles. The third kappa shape index (κ3) is 8.08. The number of carbonyl (C=O) groups excluding carboxylic acids is 1. The molecule has 0 bridgehead atoms. The third-order valence-corrected chi connectivity index (χ3v) is 10.2. The van der Waals surface area contributed by atoms with Gasteiger partial charge >= 0.3 is 0 Å². The van der Waals surface area contributed by atoms with Gasteiger partial charge in [-0.1, -0.05) is 141 Å². The van der Waals surface area contributed by atoms with Crippen molar-refractivity contribution in [2.75, 3.05) is 23.9 Å². The van der Waals surface area contributed by atoms with Crippen LogP contribution in [0.1, 0.15) is 68.5 Å². The Labute approximate surface area is 300 Å². The summed E-state index contributed by atoms with van der Waals surface area (Å²) in [4.78, 5) is 22.6. The molecule has 5 heteroatoms. The van der Waals surface area contributed by atoms with Crippen molar-refractivity contribution in [3.05, 3.63) is 132 Å². The summed E-state index contributed by atoms with van der Waals surface area (Å²) in [5, 5.41) is 0. The lowest BCUT2D eigenvalue weighted by molar-refractivity contribution is -0.111. The fourth-order valence-corrected chi connectivity index (χ4v) is 8.09. The summed E-state index contributed by atoms with van der Waals surface area (Å²) in [7, 11) is 4.24. The first-order valence-electron chi connectivity index (χ1n) is 14.1. The van der Waals surface area contributed by atoms with Crippen LogP contribution in [0.25, 0.3) is 12.2 Å². The van der Waals surface area contributed by atoms with Crippen LogP contribution in [0.2, 0.25) is 0 Å². The van der Waals surface area contributed by atoms with E-state index in [1.165, 1.54) is 42.3 Å². The fourth-order valence-electron chi connectivity index (χ4n) is 5.70. The number of hydrogen-bond acceptors (Lipinski definition) is 5. The zero-order chi connectivity index (χ0) is 28.6. The number of ketones is 1. The summed E-state index contributed by atoms with van der Waals surface area (Å²) in [6.45, 7) is 0. The number of allylic oxidation sites excluding steroid dienone is 6. The van der Waals surface area contributed by atoms with Crippen LogP contribution in [0, 0.1) is 0 Å². The van der Waals surface area contributed by atoms with E-state index in [9.17, 15) is 4.79 Å². The number of Topliss-reactive ketones (excluding diaryl/α,β-unsaturated/α-hetero) is 1. The number of para-hydroxylation sites is 2. The van der Waals surface area contributed by atoms with Crippen molar-refractivity contribution in [1.29, 1.82) is 0 Å². The standard InChI is InChI=1S/C37H30N2OS2.6CH4/c1-38-29-13-3-5-15-33(29)41-35-23-25(17-21-31(35)38)9-7-11-27-19-20-28(37(27)40)12-8-10-26-18-22-32-36(24-26)42-34-16-6-4-14-30(34)39(32)2;;;;;;/h3-18,21-24H,19-20H2,1-2H3;6*1H4. The molecule has 1 aliphatic carbocycles. The molecule has 4 aromatic carbocycles. The SMILES string of the molecule is C.C.C.C.C.C.CN1c2ccccc2Sc2cc(C=CC=C3CCC(=CC=Cc4ccc5c(c4)Sc4ccccc4N5C)C3=O)ccc21. The highest BCUT2D eigenvalue weighted by Crippen LogP contribution is 2.48. The van der Waals surface area contributed by atoms with Gasteiger partial charge in [0.05, 0.1) is 22.7 Å². The molecule has 0 unspecified atom stereocenters. The summed E-state index contributed by atoms with van der Waals surface area (Å²) in [6, 6.07) is 30.1. The van der Waals surface area contributed by atoms with Gasteiger partial charge < -0.3 is 9.80 Å². The van der Waals surface area contributed by atoms with Gasteiger partial charge in [0.2, 0.25) is 0 Å². The Morgan fingerprint density at radius 3 is 1.31 bits per heavy atom. The lowest BCUT2D eigenvalue weighted by atomic mass is 10.1. The van der Waals surface area contributed by atoms with Gasteiger partial charge in [0.25, 0.3) is 0 Å². The number of hydrogen-bond donors (Lipinski definition) is 0. The van der Waals surface area contributed by atoms with Gasteiger partial charge in [-0.05, 0) is 72.5 Å². The van der Waals surface area contributed by atoms with Crippen LogP contribution in [0.15, 0.2) is 140 Å². The van der Waals surface area contributed by atoms with Crippen LogP contribution in [-0.4, -0.2) is 19.9 Å². The molecule has 254 valence electrons. The molecule has 2 aliphatic heterocycles. The van der Waals surface area contributed by atoms with Crippen molar-refractivity contribution in [3.63, 3.8) is 0 Å². The van der Waals surface area contributed by atoms with Crippen molar-refractivity contribution in [2.45, 2.75) is 77.0 Å². The molecule has 0 N–H and O–H groups in total. The maximum absolute atomic E-state index is 13.1. The maximum Gasteiger partial charge on any atom is 0.185 e. The van der Waals surface area contributed by atoms with Gasteiger partial charge in [-0.15, -0.1) is 0 Å². The van der Waals surface area contributed by atoms with E-state index in [0.717, 1.165) is 35.1 Å². The van der Waals surface area contributed by atoms with Crippen LogP contribution < -0.4 is 9.80 Å². The van der Waals surface area contributed by atoms with E-state index in [1.807, 2.05) is 47.8 Å². The van der Waals surface area contributed by atoms with Gasteiger partial charge in [-0.25, -0.2) is 0 Å². The number of nitrogens with zero attached hydrogens (tertiary/aromatic N) is 2. The van der Waals surface area contributed by atoms with Gasteiger partial charge in [0.15, 0.2) is 5.78 Å². The predicted octanol–water partition coefficient (Wildman–Crippen LogP) is 13.9. The molecule has 7 rings (SSSR count). The monoisotopic (exact) mass is 678 g/mol. The average molecular weight is 679 g/mol. The highest BCUT2D eigenvalue weighted by atomic mass is 32.2. The van der Waals surface area contributed by atoms with Gasteiger partial charge in [-0.3, -0.25) is 4.79 Å². The Bertz CT molecular complexity index is 1720. The second kappa shape index (κ2) is 17.8. The van der Waals surface area contributed by atoms with E-state index in [-0.39, 0.29) is 50.3 Å². The lowest BCUT2D eigenvalue weighted by Gasteiger charge is -2.29. The summed E-state index contributed by atoms with van der Waals surface area (Å²) < 4.78 is 0. The summed E-state index contributed by atoms with van der Waals surface area (Å²) in [5.41, 5.74) is 8.92. The van der Waals surface area contributed by atoms with Crippen molar-refractivity contribution in [2.24, 2.45) is 0 Å². The molecule has 0 aromatic heterocycles. The quantitative estimate of drug-likeness (QED) is 0.200. The number of benzene rings is 4.